The third-order valence-electron chi connectivity index (χ3n) is 5.87. The van der Waals surface area contributed by atoms with Crippen molar-refractivity contribution in [2.45, 2.75) is 12.6 Å². The van der Waals surface area contributed by atoms with E-state index in [9.17, 15) is 18.8 Å². The van der Waals surface area contributed by atoms with E-state index >= 15 is 0 Å². The van der Waals surface area contributed by atoms with Crippen LogP contribution in [0.1, 0.15) is 43.6 Å². The van der Waals surface area contributed by atoms with E-state index in [0.717, 1.165) is 6.07 Å². The Morgan fingerprint density at radius 2 is 1.82 bits per heavy atom. The smallest absolute Gasteiger partial charge is 0.337 e. The summed E-state index contributed by atoms with van der Waals surface area (Å²) in [5, 5.41) is 0.514. The van der Waals surface area contributed by atoms with E-state index in [4.69, 9.17) is 20.8 Å². The van der Waals surface area contributed by atoms with Gasteiger partial charge in [0.2, 0.25) is 5.76 Å². The number of benzene rings is 3. The quantitative estimate of drug-likeness (QED) is 0.381. The fourth-order valence-corrected chi connectivity index (χ4v) is 4.43. The van der Waals surface area contributed by atoms with Crippen molar-refractivity contribution in [3.05, 3.63) is 116 Å². The van der Waals surface area contributed by atoms with Crippen LogP contribution in [0.5, 0.6) is 0 Å². The molecule has 5 rings (SSSR count). The van der Waals surface area contributed by atoms with Crippen LogP contribution in [0.2, 0.25) is 5.02 Å². The van der Waals surface area contributed by atoms with Crippen LogP contribution >= 0.6 is 11.6 Å². The van der Waals surface area contributed by atoms with Gasteiger partial charge in [0.05, 0.1) is 29.7 Å². The molecule has 0 unspecified atom stereocenters. The third kappa shape index (κ3) is 3.54. The molecule has 2 heterocycles. The van der Waals surface area contributed by atoms with Crippen LogP contribution in [-0.2, 0) is 11.3 Å². The van der Waals surface area contributed by atoms with E-state index in [-0.39, 0.29) is 28.8 Å². The molecule has 0 bridgehead atoms. The predicted octanol–water partition coefficient (Wildman–Crippen LogP) is 5.12. The van der Waals surface area contributed by atoms with Gasteiger partial charge in [0.25, 0.3) is 5.91 Å². The molecule has 0 fully saturated rings. The first kappa shape index (κ1) is 21.9. The van der Waals surface area contributed by atoms with Gasteiger partial charge < -0.3 is 14.1 Å². The number of carbonyl (C=O) groups is 2. The zero-order valence-electron chi connectivity index (χ0n) is 17.9. The summed E-state index contributed by atoms with van der Waals surface area (Å²) in [4.78, 5) is 40.3. The van der Waals surface area contributed by atoms with Crippen LogP contribution in [0.15, 0.2) is 75.9 Å². The van der Waals surface area contributed by atoms with E-state index in [1.165, 1.54) is 24.1 Å². The van der Waals surface area contributed by atoms with Crippen LogP contribution in [0, 0.1) is 5.82 Å². The van der Waals surface area contributed by atoms with E-state index in [2.05, 4.69) is 0 Å². The van der Waals surface area contributed by atoms with Crippen LogP contribution in [-0.4, -0.2) is 23.9 Å². The molecule has 1 aliphatic heterocycles. The lowest BCUT2D eigenvalue weighted by molar-refractivity contribution is 0.0599. The van der Waals surface area contributed by atoms with E-state index in [1.54, 1.807) is 48.5 Å². The van der Waals surface area contributed by atoms with Crippen molar-refractivity contribution in [2.24, 2.45) is 0 Å². The summed E-state index contributed by atoms with van der Waals surface area (Å²) in [7, 11) is 1.28. The first-order valence-corrected chi connectivity index (χ1v) is 10.8. The van der Waals surface area contributed by atoms with Crippen molar-refractivity contribution in [1.29, 1.82) is 0 Å². The number of hydrogen-bond acceptors (Lipinski definition) is 5. The highest BCUT2D eigenvalue weighted by Gasteiger charge is 2.43. The van der Waals surface area contributed by atoms with Gasteiger partial charge in [0.1, 0.15) is 11.4 Å². The summed E-state index contributed by atoms with van der Waals surface area (Å²) < 4.78 is 24.5. The molecule has 0 N–H and O–H groups in total. The predicted molar refractivity (Wildman–Crippen MR) is 123 cm³/mol. The SMILES string of the molecule is COC(=O)c1ccc([C@H]2c3c(oc4ccc(F)cc4c3=O)C(=O)N2Cc2ccccc2Cl)cc1. The lowest BCUT2D eigenvalue weighted by Gasteiger charge is -2.25. The number of hydrogen-bond donors (Lipinski definition) is 0. The highest BCUT2D eigenvalue weighted by atomic mass is 35.5. The average Bonchev–Trinajstić information content (AvgIpc) is 3.12. The van der Waals surface area contributed by atoms with Crippen molar-refractivity contribution >= 4 is 34.4 Å². The number of fused-ring (bicyclic) bond motifs is 2. The van der Waals surface area contributed by atoms with Gasteiger partial charge in [-0.1, -0.05) is 41.9 Å². The molecule has 1 aromatic heterocycles. The molecule has 1 aliphatic rings. The Kier molecular flexibility index (Phi) is 5.42. The van der Waals surface area contributed by atoms with Gasteiger partial charge in [0.15, 0.2) is 5.43 Å². The molecule has 170 valence electrons. The maximum atomic E-state index is 13.9. The largest absolute Gasteiger partial charge is 0.465 e. The highest BCUT2D eigenvalue weighted by molar-refractivity contribution is 6.31. The van der Waals surface area contributed by atoms with Crippen LogP contribution in [0.3, 0.4) is 0 Å². The maximum absolute atomic E-state index is 13.9. The molecule has 0 saturated heterocycles. The van der Waals surface area contributed by atoms with Gasteiger partial charge in [-0.3, -0.25) is 9.59 Å². The number of amides is 1. The lowest BCUT2D eigenvalue weighted by Crippen LogP contribution is -2.29. The summed E-state index contributed by atoms with van der Waals surface area (Å²) in [6, 6.07) is 16.3. The number of carbonyl (C=O) groups excluding carboxylic acids is 2. The third-order valence-corrected chi connectivity index (χ3v) is 6.24. The first-order chi connectivity index (χ1) is 16.4. The number of ether oxygens (including phenoxy) is 1. The molecule has 0 radical (unpaired) electrons. The Balaban J connectivity index is 1.70. The number of halogens is 2. The van der Waals surface area contributed by atoms with Gasteiger partial charge in [0, 0.05) is 11.6 Å². The molecule has 8 heteroatoms. The van der Waals surface area contributed by atoms with Crippen LogP contribution in [0.4, 0.5) is 4.39 Å². The summed E-state index contributed by atoms with van der Waals surface area (Å²) in [6.45, 7) is 0.107. The lowest BCUT2D eigenvalue weighted by atomic mass is 9.97. The zero-order chi connectivity index (χ0) is 24.0. The minimum atomic E-state index is -0.825. The Bertz CT molecular complexity index is 1510. The molecule has 6 nitrogen and oxygen atoms in total. The number of rotatable bonds is 4. The van der Waals surface area contributed by atoms with E-state index < -0.39 is 29.2 Å². The van der Waals surface area contributed by atoms with Crippen LogP contribution in [0.25, 0.3) is 11.0 Å². The van der Waals surface area contributed by atoms with Crippen molar-refractivity contribution in [2.75, 3.05) is 7.11 Å². The summed E-state index contributed by atoms with van der Waals surface area (Å²) in [6.07, 6.45) is 0. The monoisotopic (exact) mass is 477 g/mol. The molecule has 0 saturated carbocycles. The minimum Gasteiger partial charge on any atom is -0.465 e. The molecule has 4 aromatic rings. The van der Waals surface area contributed by atoms with Gasteiger partial charge in [-0.25, -0.2) is 9.18 Å². The molecule has 0 aliphatic carbocycles. The fraction of sp³-hybridized carbons (Fsp3) is 0.115. The Labute approximate surface area is 198 Å². The number of methoxy groups -OCH3 is 1. The van der Waals surface area contributed by atoms with Crippen molar-refractivity contribution in [1.82, 2.24) is 4.90 Å². The van der Waals surface area contributed by atoms with E-state index in [1.807, 2.05) is 0 Å². The second kappa shape index (κ2) is 8.43. The van der Waals surface area contributed by atoms with Crippen molar-refractivity contribution in [3.8, 4) is 0 Å². The topological polar surface area (TPSA) is 76.8 Å². The molecule has 3 aromatic carbocycles. The van der Waals surface area contributed by atoms with Crippen molar-refractivity contribution < 1.29 is 23.1 Å². The molecule has 0 spiro atoms. The van der Waals surface area contributed by atoms with E-state index in [0.29, 0.717) is 21.7 Å². The Morgan fingerprint density at radius 3 is 2.53 bits per heavy atom. The Morgan fingerprint density at radius 1 is 1.09 bits per heavy atom. The van der Waals surface area contributed by atoms with Crippen molar-refractivity contribution in [3.63, 3.8) is 0 Å². The second-order valence-electron chi connectivity index (χ2n) is 7.86. The fourth-order valence-electron chi connectivity index (χ4n) is 4.23. The molecule has 1 amide bonds. The first-order valence-electron chi connectivity index (χ1n) is 10.4. The number of nitrogens with zero attached hydrogens (tertiary/aromatic N) is 1. The van der Waals surface area contributed by atoms with Gasteiger partial charge in [-0.05, 0) is 47.5 Å². The molecule has 1 atom stereocenters. The average molecular weight is 478 g/mol. The minimum absolute atomic E-state index is 0.0438. The van der Waals surface area contributed by atoms with Crippen LogP contribution < -0.4 is 5.43 Å². The highest BCUT2D eigenvalue weighted by Crippen LogP contribution is 2.39. The second-order valence-corrected chi connectivity index (χ2v) is 8.26. The zero-order valence-corrected chi connectivity index (χ0v) is 18.6. The van der Waals surface area contributed by atoms with Gasteiger partial charge >= 0.3 is 5.97 Å². The summed E-state index contributed by atoms with van der Waals surface area (Å²) in [5.41, 5.74) is 1.33. The normalized spacial score (nSPS) is 15.0. The summed E-state index contributed by atoms with van der Waals surface area (Å²) in [5.74, 6) is -1.68. The molecule has 34 heavy (non-hydrogen) atoms. The Hall–Kier alpha value is -3.97. The summed E-state index contributed by atoms with van der Waals surface area (Å²) >= 11 is 6.34. The van der Waals surface area contributed by atoms with Gasteiger partial charge in [-0.15, -0.1) is 0 Å². The maximum Gasteiger partial charge on any atom is 0.337 e. The molecular weight excluding hydrogens is 461 g/mol. The molecular formula is C26H17ClFNO5. The standard InChI is InChI=1S/C26H17ClFNO5/c1-33-26(32)15-8-6-14(7-9-15)22-21-23(30)18-12-17(28)10-11-20(18)34-24(21)25(31)29(22)13-16-4-2-3-5-19(16)27/h2-12,22H,13H2,1H3/t22-/m0/s1. The number of esters is 1. The van der Waals surface area contributed by atoms with Gasteiger partial charge in [-0.2, -0.15) is 0 Å².